The Morgan fingerprint density at radius 2 is 1.49 bits per heavy atom. The number of rotatable bonds is 19. The zero-order valence-electron chi connectivity index (χ0n) is 30.6. The topological polar surface area (TPSA) is 66.0 Å². The molecular weight excluding hydrogens is 633 g/mol. The molecule has 7 nitrogen and oxygen atoms in total. The Morgan fingerprint density at radius 3 is 2.27 bits per heavy atom. The van der Waals surface area contributed by atoms with Crippen molar-refractivity contribution in [2.45, 2.75) is 84.0 Å². The number of amides is 2. The summed E-state index contributed by atoms with van der Waals surface area (Å²) in [5.74, 6) is 0.592. The molecule has 2 aromatic carbocycles. The molecule has 0 atom stereocenters. The molecule has 7 heteroatoms. The van der Waals surface area contributed by atoms with Crippen LogP contribution in [0.1, 0.15) is 83.1 Å². The second-order valence-corrected chi connectivity index (χ2v) is 13.4. The number of piperazine rings is 1. The molecule has 1 saturated heterocycles. The van der Waals surface area contributed by atoms with Crippen molar-refractivity contribution in [1.82, 2.24) is 9.88 Å². The number of ether oxygens (including phenoxy) is 1. The smallest absolute Gasteiger partial charge is 0.235 e. The standard InChI is InChI=1S/C44H56N4O3/c1-2-3-4-5-6-7-8-9-10-11-12-13-14-15-16-26-42(49)48-43(50)30-28-38-27-29-41(45-44(38)48)51-36-20-19-31-46-32-34-47(35-33-46)40-25-21-23-37-22-17-18-24-39(37)40/h3-4,6-7,9-10,12-13,17-18,21-25,27,29H,2,5,8,11,14-16,19-20,26,28,30-36H2,1H3. The molecule has 5 rings (SSSR count). The third kappa shape index (κ3) is 11.8. The normalized spacial score (nSPS) is 15.7. The average Bonchev–Trinajstić information content (AvgIpc) is 3.16. The molecule has 2 amide bonds. The van der Waals surface area contributed by atoms with Crippen LogP contribution in [0.2, 0.25) is 0 Å². The molecule has 0 N–H and O–H groups in total. The second kappa shape index (κ2) is 21.0. The van der Waals surface area contributed by atoms with Crippen LogP contribution in [0.15, 0.2) is 103 Å². The van der Waals surface area contributed by atoms with Crippen LogP contribution in [-0.4, -0.2) is 61.0 Å². The van der Waals surface area contributed by atoms with Gasteiger partial charge in [0.15, 0.2) is 0 Å². The van der Waals surface area contributed by atoms with Gasteiger partial charge in [-0.05, 0) is 93.8 Å². The molecule has 1 aromatic heterocycles. The van der Waals surface area contributed by atoms with Gasteiger partial charge < -0.3 is 9.64 Å². The summed E-state index contributed by atoms with van der Waals surface area (Å²) < 4.78 is 6.03. The maximum Gasteiger partial charge on any atom is 0.235 e. The van der Waals surface area contributed by atoms with Gasteiger partial charge >= 0.3 is 0 Å². The Labute approximate surface area is 305 Å². The molecule has 2 aliphatic rings. The number of anilines is 2. The summed E-state index contributed by atoms with van der Waals surface area (Å²) in [5, 5.41) is 2.62. The van der Waals surface area contributed by atoms with Gasteiger partial charge in [-0.1, -0.05) is 91.9 Å². The summed E-state index contributed by atoms with van der Waals surface area (Å²) in [4.78, 5) is 37.1. The largest absolute Gasteiger partial charge is 0.478 e. The molecule has 270 valence electrons. The molecule has 0 spiro atoms. The first kappa shape index (κ1) is 37.8. The van der Waals surface area contributed by atoms with Gasteiger partial charge in [-0.25, -0.2) is 4.90 Å². The van der Waals surface area contributed by atoms with Crippen molar-refractivity contribution >= 4 is 34.1 Å². The first-order chi connectivity index (χ1) is 25.1. The summed E-state index contributed by atoms with van der Waals surface area (Å²) in [6.45, 7) is 7.92. The second-order valence-electron chi connectivity index (χ2n) is 13.4. The number of aromatic nitrogens is 1. The number of aryl methyl sites for hydroxylation is 1. The molecule has 0 aliphatic carbocycles. The van der Waals surface area contributed by atoms with Crippen LogP contribution in [0.4, 0.5) is 11.5 Å². The van der Waals surface area contributed by atoms with Gasteiger partial charge in [-0.3, -0.25) is 14.5 Å². The number of pyridine rings is 1. The van der Waals surface area contributed by atoms with Crippen molar-refractivity contribution in [3.8, 4) is 5.88 Å². The number of carbonyl (C=O) groups excluding carboxylic acids is 2. The molecule has 51 heavy (non-hydrogen) atoms. The molecule has 0 bridgehead atoms. The Bertz CT molecular complexity index is 1660. The molecule has 0 saturated carbocycles. The van der Waals surface area contributed by atoms with Crippen LogP contribution >= 0.6 is 0 Å². The molecule has 2 aliphatic heterocycles. The quantitative estimate of drug-likeness (QED) is 0.0924. The Kier molecular flexibility index (Phi) is 15.6. The maximum atomic E-state index is 13.2. The fourth-order valence-corrected chi connectivity index (χ4v) is 6.72. The molecule has 3 heterocycles. The van der Waals surface area contributed by atoms with Crippen LogP contribution in [0.3, 0.4) is 0 Å². The number of nitrogens with zero attached hydrogens (tertiary/aromatic N) is 4. The third-order valence-electron chi connectivity index (χ3n) is 9.58. The molecule has 1 fully saturated rings. The number of carbonyl (C=O) groups is 2. The van der Waals surface area contributed by atoms with Crippen LogP contribution < -0.4 is 14.5 Å². The maximum absolute atomic E-state index is 13.2. The first-order valence-electron chi connectivity index (χ1n) is 19.2. The number of imide groups is 1. The van der Waals surface area contributed by atoms with Crippen LogP contribution in [-0.2, 0) is 16.0 Å². The molecular formula is C44H56N4O3. The minimum atomic E-state index is -0.170. The lowest BCUT2D eigenvalue weighted by atomic mass is 10.0. The van der Waals surface area contributed by atoms with Gasteiger partial charge in [0.25, 0.3) is 0 Å². The van der Waals surface area contributed by atoms with E-state index in [0.29, 0.717) is 37.6 Å². The predicted molar refractivity (Wildman–Crippen MR) is 212 cm³/mol. The molecule has 0 unspecified atom stereocenters. The molecule has 0 radical (unpaired) electrons. The highest BCUT2D eigenvalue weighted by molar-refractivity contribution is 6.15. The average molecular weight is 689 g/mol. The van der Waals surface area contributed by atoms with E-state index in [1.54, 1.807) is 0 Å². The highest BCUT2D eigenvalue weighted by atomic mass is 16.5. The zero-order chi connectivity index (χ0) is 35.5. The van der Waals surface area contributed by atoms with E-state index in [9.17, 15) is 9.59 Å². The van der Waals surface area contributed by atoms with E-state index < -0.39 is 0 Å². The van der Waals surface area contributed by atoms with Crippen molar-refractivity contribution in [1.29, 1.82) is 0 Å². The number of fused-ring (bicyclic) bond motifs is 2. The van der Waals surface area contributed by atoms with Crippen molar-refractivity contribution < 1.29 is 14.3 Å². The van der Waals surface area contributed by atoms with E-state index in [-0.39, 0.29) is 11.8 Å². The summed E-state index contributed by atoms with van der Waals surface area (Å²) >= 11 is 0. The monoisotopic (exact) mass is 688 g/mol. The lowest BCUT2D eigenvalue weighted by Gasteiger charge is -2.36. The van der Waals surface area contributed by atoms with Crippen molar-refractivity contribution in [3.05, 3.63) is 109 Å². The van der Waals surface area contributed by atoms with E-state index in [1.807, 2.05) is 12.1 Å². The number of allylic oxidation sites excluding steroid dienone is 8. The van der Waals surface area contributed by atoms with E-state index in [2.05, 4.69) is 113 Å². The van der Waals surface area contributed by atoms with Crippen molar-refractivity contribution in [2.75, 3.05) is 49.1 Å². The van der Waals surface area contributed by atoms with Gasteiger partial charge in [0.1, 0.15) is 5.82 Å². The fraction of sp³-hybridized carbons (Fsp3) is 0.432. The summed E-state index contributed by atoms with van der Waals surface area (Å²) in [6.07, 6.45) is 27.3. The predicted octanol–water partition coefficient (Wildman–Crippen LogP) is 9.39. The minimum absolute atomic E-state index is 0.170. The van der Waals surface area contributed by atoms with Gasteiger partial charge in [0.2, 0.25) is 17.7 Å². The van der Waals surface area contributed by atoms with Gasteiger partial charge in [-0.2, -0.15) is 4.98 Å². The Balaban J connectivity index is 0.974. The first-order valence-corrected chi connectivity index (χ1v) is 19.2. The number of unbranched alkanes of at least 4 members (excludes halogenated alkanes) is 3. The Hall–Kier alpha value is -4.49. The van der Waals surface area contributed by atoms with Crippen LogP contribution in [0.5, 0.6) is 5.88 Å². The van der Waals surface area contributed by atoms with Crippen molar-refractivity contribution in [3.63, 3.8) is 0 Å². The lowest BCUT2D eigenvalue weighted by Crippen LogP contribution is -2.46. The fourth-order valence-electron chi connectivity index (χ4n) is 6.72. The lowest BCUT2D eigenvalue weighted by molar-refractivity contribution is -0.127. The van der Waals surface area contributed by atoms with E-state index in [1.165, 1.54) is 21.4 Å². The number of hydrogen-bond donors (Lipinski definition) is 0. The minimum Gasteiger partial charge on any atom is -0.478 e. The SMILES string of the molecule is CCC=CCC=CCC=CCC=CCCCCC(=O)N1C(=O)CCc2ccc(OCCCCN3CCN(c4cccc5ccccc45)CC3)nc21. The number of benzene rings is 2. The molecule has 3 aromatic rings. The van der Waals surface area contributed by atoms with E-state index in [0.717, 1.165) is 96.1 Å². The Morgan fingerprint density at radius 1 is 0.765 bits per heavy atom. The summed E-state index contributed by atoms with van der Waals surface area (Å²) in [6, 6.07) is 19.0. The summed E-state index contributed by atoms with van der Waals surface area (Å²) in [5.41, 5.74) is 2.26. The van der Waals surface area contributed by atoms with Crippen LogP contribution in [0, 0.1) is 0 Å². The van der Waals surface area contributed by atoms with E-state index in [4.69, 9.17) is 4.74 Å². The highest BCUT2D eigenvalue weighted by Crippen LogP contribution is 2.30. The van der Waals surface area contributed by atoms with E-state index >= 15 is 0 Å². The van der Waals surface area contributed by atoms with Gasteiger partial charge in [0, 0.05) is 56.2 Å². The van der Waals surface area contributed by atoms with Gasteiger partial charge in [0.05, 0.1) is 6.61 Å². The van der Waals surface area contributed by atoms with Crippen LogP contribution in [0.25, 0.3) is 10.8 Å². The van der Waals surface area contributed by atoms with Crippen molar-refractivity contribution in [2.24, 2.45) is 0 Å². The van der Waals surface area contributed by atoms with Gasteiger partial charge in [-0.15, -0.1) is 0 Å². The summed E-state index contributed by atoms with van der Waals surface area (Å²) in [7, 11) is 0. The zero-order valence-corrected chi connectivity index (χ0v) is 30.6. The highest BCUT2D eigenvalue weighted by Gasteiger charge is 2.31. The number of hydrogen-bond acceptors (Lipinski definition) is 6. The third-order valence-corrected chi connectivity index (χ3v) is 9.58.